The normalized spacial score (nSPS) is 11.3. The van der Waals surface area contributed by atoms with E-state index in [4.69, 9.17) is 10.6 Å². The number of nitrogens with two attached hydrogens (primary N) is 1. The van der Waals surface area contributed by atoms with Gasteiger partial charge < -0.3 is 15.1 Å². The van der Waals surface area contributed by atoms with E-state index in [0.717, 1.165) is 12.1 Å². The molecule has 1 aromatic rings. The first kappa shape index (κ1) is 17.3. The Bertz CT molecular complexity index is 492. The van der Waals surface area contributed by atoms with E-state index >= 15 is 0 Å². The van der Waals surface area contributed by atoms with Crippen LogP contribution in [0.15, 0.2) is 18.2 Å². The van der Waals surface area contributed by atoms with Crippen molar-refractivity contribution >= 4 is 11.6 Å². The minimum atomic E-state index is -4.60. The number of nitrogen functional groups attached to an aromatic ring is 1. The summed E-state index contributed by atoms with van der Waals surface area (Å²) in [6.45, 7) is 2.74. The van der Waals surface area contributed by atoms with E-state index in [-0.39, 0.29) is 11.3 Å². The molecule has 5 nitrogen and oxygen atoms in total. The number of amides is 1. The van der Waals surface area contributed by atoms with Gasteiger partial charge in [0, 0.05) is 25.8 Å². The molecule has 8 heteroatoms. The molecule has 1 rings (SSSR count). The van der Waals surface area contributed by atoms with Crippen LogP contribution in [0.5, 0.6) is 0 Å². The van der Waals surface area contributed by atoms with Crippen LogP contribution in [0.3, 0.4) is 0 Å². The number of benzene rings is 1. The number of anilines is 1. The molecule has 0 radical (unpaired) electrons. The SMILES string of the molecule is CCN(CCOC)C(=O)c1ccc(NN)c(C(F)(F)F)c1. The first-order valence-electron chi connectivity index (χ1n) is 6.31. The molecule has 0 unspecified atom stereocenters. The number of nitrogens with zero attached hydrogens (tertiary/aromatic N) is 1. The van der Waals surface area contributed by atoms with Gasteiger partial charge >= 0.3 is 6.18 Å². The van der Waals surface area contributed by atoms with Crippen molar-refractivity contribution in [2.45, 2.75) is 13.1 Å². The molecule has 1 aromatic carbocycles. The topological polar surface area (TPSA) is 67.6 Å². The maximum atomic E-state index is 12.9. The van der Waals surface area contributed by atoms with Crippen molar-refractivity contribution in [1.82, 2.24) is 4.90 Å². The zero-order chi connectivity index (χ0) is 16.0. The minimum absolute atomic E-state index is 0.0423. The summed E-state index contributed by atoms with van der Waals surface area (Å²) in [5.74, 6) is 4.58. The van der Waals surface area contributed by atoms with E-state index in [0.29, 0.717) is 19.7 Å². The average Bonchev–Trinajstić information content (AvgIpc) is 2.46. The largest absolute Gasteiger partial charge is 0.418 e. The number of halogens is 3. The number of hydrogen-bond donors (Lipinski definition) is 2. The highest BCUT2D eigenvalue weighted by Crippen LogP contribution is 2.35. The van der Waals surface area contributed by atoms with Crippen LogP contribution in [0, 0.1) is 0 Å². The summed E-state index contributed by atoms with van der Waals surface area (Å²) in [4.78, 5) is 13.6. The fourth-order valence-electron chi connectivity index (χ4n) is 1.82. The Kier molecular flexibility index (Phi) is 5.98. The van der Waals surface area contributed by atoms with Crippen LogP contribution >= 0.6 is 0 Å². The fraction of sp³-hybridized carbons (Fsp3) is 0.462. The van der Waals surface area contributed by atoms with Gasteiger partial charge in [-0.25, -0.2) is 0 Å². The first-order valence-corrected chi connectivity index (χ1v) is 6.31. The summed E-state index contributed by atoms with van der Waals surface area (Å²) in [6.07, 6.45) is -4.60. The zero-order valence-electron chi connectivity index (χ0n) is 11.8. The first-order chi connectivity index (χ1) is 9.85. The molecule has 0 atom stereocenters. The number of alkyl halides is 3. The fourth-order valence-corrected chi connectivity index (χ4v) is 1.82. The van der Waals surface area contributed by atoms with Crippen LogP contribution in [0.2, 0.25) is 0 Å². The highest BCUT2D eigenvalue weighted by Gasteiger charge is 2.34. The van der Waals surface area contributed by atoms with Crippen LogP contribution in [0.1, 0.15) is 22.8 Å². The van der Waals surface area contributed by atoms with Crippen LogP contribution in [-0.4, -0.2) is 37.6 Å². The predicted octanol–water partition coefficient (Wildman–Crippen LogP) is 2.10. The smallest absolute Gasteiger partial charge is 0.383 e. The average molecular weight is 305 g/mol. The second kappa shape index (κ2) is 7.28. The number of hydrazine groups is 1. The molecule has 0 fully saturated rings. The van der Waals surface area contributed by atoms with Gasteiger partial charge in [0.15, 0.2) is 0 Å². The summed E-state index contributed by atoms with van der Waals surface area (Å²) in [6, 6.07) is 3.25. The van der Waals surface area contributed by atoms with Gasteiger partial charge in [0.2, 0.25) is 0 Å². The third-order valence-electron chi connectivity index (χ3n) is 2.96. The highest BCUT2D eigenvalue weighted by atomic mass is 19.4. The quantitative estimate of drug-likeness (QED) is 0.624. The Balaban J connectivity index is 3.10. The molecule has 0 spiro atoms. The molecule has 0 aliphatic heterocycles. The monoisotopic (exact) mass is 305 g/mol. The van der Waals surface area contributed by atoms with Crippen molar-refractivity contribution < 1.29 is 22.7 Å². The summed E-state index contributed by atoms with van der Waals surface area (Å²) >= 11 is 0. The molecule has 21 heavy (non-hydrogen) atoms. The molecule has 118 valence electrons. The predicted molar refractivity (Wildman–Crippen MR) is 72.7 cm³/mol. The van der Waals surface area contributed by atoms with E-state index < -0.39 is 17.6 Å². The van der Waals surface area contributed by atoms with Crippen LogP contribution in [0.4, 0.5) is 18.9 Å². The third-order valence-corrected chi connectivity index (χ3v) is 2.96. The number of rotatable bonds is 6. The molecule has 0 saturated carbocycles. The van der Waals surface area contributed by atoms with Crippen molar-refractivity contribution in [1.29, 1.82) is 0 Å². The van der Waals surface area contributed by atoms with Crippen LogP contribution in [0.25, 0.3) is 0 Å². The molecule has 0 aliphatic rings. The maximum absolute atomic E-state index is 12.9. The highest BCUT2D eigenvalue weighted by molar-refractivity contribution is 5.95. The van der Waals surface area contributed by atoms with E-state index in [2.05, 4.69) is 0 Å². The second-order valence-electron chi connectivity index (χ2n) is 4.28. The summed E-state index contributed by atoms with van der Waals surface area (Å²) in [7, 11) is 1.49. The Hall–Kier alpha value is -1.80. The number of ether oxygens (including phenoxy) is 1. The van der Waals surface area contributed by atoms with E-state index in [1.54, 1.807) is 6.92 Å². The number of carbonyl (C=O) groups excluding carboxylic acids is 1. The Morgan fingerprint density at radius 2 is 2.10 bits per heavy atom. The number of hydrogen-bond acceptors (Lipinski definition) is 4. The number of likely N-dealkylation sites (N-methyl/N-ethyl adjacent to an activating group) is 1. The van der Waals surface area contributed by atoms with Crippen molar-refractivity contribution in [3.05, 3.63) is 29.3 Å². The minimum Gasteiger partial charge on any atom is -0.383 e. The molecule has 0 heterocycles. The molecule has 0 saturated heterocycles. The lowest BCUT2D eigenvalue weighted by atomic mass is 10.1. The van der Waals surface area contributed by atoms with Gasteiger partial charge in [-0.05, 0) is 25.1 Å². The van der Waals surface area contributed by atoms with E-state index in [9.17, 15) is 18.0 Å². The number of methoxy groups -OCH3 is 1. The Labute approximate surface area is 120 Å². The van der Waals surface area contributed by atoms with Crippen molar-refractivity contribution in [2.75, 3.05) is 32.2 Å². The van der Waals surface area contributed by atoms with Gasteiger partial charge in [-0.3, -0.25) is 10.6 Å². The van der Waals surface area contributed by atoms with Gasteiger partial charge in [0.25, 0.3) is 5.91 Å². The Morgan fingerprint density at radius 3 is 2.57 bits per heavy atom. The molecule has 0 aromatic heterocycles. The lowest BCUT2D eigenvalue weighted by Crippen LogP contribution is -2.34. The summed E-state index contributed by atoms with van der Waals surface area (Å²) < 4.78 is 43.6. The van der Waals surface area contributed by atoms with Gasteiger partial charge in [-0.15, -0.1) is 0 Å². The second-order valence-corrected chi connectivity index (χ2v) is 4.28. The lowest BCUT2D eigenvalue weighted by Gasteiger charge is -2.21. The molecular weight excluding hydrogens is 287 g/mol. The number of nitrogens with one attached hydrogen (secondary N) is 1. The molecular formula is C13H18F3N3O2. The maximum Gasteiger partial charge on any atom is 0.418 e. The van der Waals surface area contributed by atoms with Crippen molar-refractivity contribution in [3.63, 3.8) is 0 Å². The summed E-state index contributed by atoms with van der Waals surface area (Å²) in [5, 5.41) is 0. The van der Waals surface area contributed by atoms with Crippen LogP contribution < -0.4 is 11.3 Å². The van der Waals surface area contributed by atoms with E-state index in [1.807, 2.05) is 5.43 Å². The molecule has 3 N–H and O–H groups in total. The third kappa shape index (κ3) is 4.33. The van der Waals surface area contributed by atoms with Crippen molar-refractivity contribution in [2.24, 2.45) is 5.84 Å². The standard InChI is InChI=1S/C13H18F3N3O2/c1-3-19(6-7-21-2)12(20)9-4-5-11(18-17)10(8-9)13(14,15)16/h4-5,8,18H,3,6-7,17H2,1-2H3. The Morgan fingerprint density at radius 1 is 1.43 bits per heavy atom. The van der Waals surface area contributed by atoms with Crippen molar-refractivity contribution in [3.8, 4) is 0 Å². The van der Waals surface area contributed by atoms with Crippen LogP contribution in [-0.2, 0) is 10.9 Å². The molecule has 0 aliphatic carbocycles. The number of carbonyl (C=O) groups is 1. The van der Waals surface area contributed by atoms with Gasteiger partial charge in [-0.1, -0.05) is 0 Å². The lowest BCUT2D eigenvalue weighted by molar-refractivity contribution is -0.137. The summed E-state index contributed by atoms with van der Waals surface area (Å²) in [5.41, 5.74) is 0.686. The van der Waals surface area contributed by atoms with E-state index in [1.165, 1.54) is 18.1 Å². The molecule has 1 amide bonds. The van der Waals surface area contributed by atoms with Gasteiger partial charge in [0.05, 0.1) is 17.9 Å². The molecule has 0 bridgehead atoms. The zero-order valence-corrected chi connectivity index (χ0v) is 11.8. The van der Waals surface area contributed by atoms with Gasteiger partial charge in [0.1, 0.15) is 0 Å². The van der Waals surface area contributed by atoms with Gasteiger partial charge in [-0.2, -0.15) is 13.2 Å².